The van der Waals surface area contributed by atoms with Crippen molar-refractivity contribution in [3.8, 4) is 0 Å². The van der Waals surface area contributed by atoms with Crippen LogP contribution in [0.4, 0.5) is 10.5 Å². The van der Waals surface area contributed by atoms with E-state index in [4.69, 9.17) is 5.11 Å². The molecule has 0 spiro atoms. The van der Waals surface area contributed by atoms with Gasteiger partial charge in [-0.1, -0.05) is 18.2 Å². The summed E-state index contributed by atoms with van der Waals surface area (Å²) in [6.07, 6.45) is 0.313. The third kappa shape index (κ3) is 2.46. The number of amides is 2. The van der Waals surface area contributed by atoms with Gasteiger partial charge in [-0.3, -0.25) is 4.90 Å². The summed E-state index contributed by atoms with van der Waals surface area (Å²) in [4.78, 5) is 26.7. The quantitative estimate of drug-likeness (QED) is 0.858. The molecule has 1 atom stereocenters. The van der Waals surface area contributed by atoms with Crippen LogP contribution in [0.5, 0.6) is 0 Å². The Bertz CT molecular complexity index is 518. The Labute approximate surface area is 117 Å². The maximum absolute atomic E-state index is 12.5. The number of hydrogen-bond acceptors (Lipinski definition) is 3. The Morgan fingerprint density at radius 2 is 2.10 bits per heavy atom. The van der Waals surface area contributed by atoms with Crippen molar-refractivity contribution in [1.82, 2.24) is 4.90 Å². The maximum Gasteiger partial charge on any atom is 0.327 e. The van der Waals surface area contributed by atoms with E-state index in [1.165, 1.54) is 9.80 Å². The molecule has 20 heavy (non-hydrogen) atoms. The van der Waals surface area contributed by atoms with Crippen LogP contribution in [0.3, 0.4) is 0 Å². The average Bonchev–Trinajstić information content (AvgIpc) is 2.83. The van der Waals surface area contributed by atoms with Crippen LogP contribution in [0.2, 0.25) is 0 Å². The predicted octanol–water partition coefficient (Wildman–Crippen LogP) is 0.937. The zero-order valence-electron chi connectivity index (χ0n) is 11.3. The number of nitrogens with zero attached hydrogens (tertiary/aromatic N) is 2. The van der Waals surface area contributed by atoms with Crippen molar-refractivity contribution in [3.63, 3.8) is 0 Å². The molecule has 0 aromatic heterocycles. The Morgan fingerprint density at radius 1 is 1.40 bits per heavy atom. The number of benzene rings is 1. The molecule has 2 N–H and O–H groups in total. The lowest BCUT2D eigenvalue weighted by atomic mass is 10.1. The number of urea groups is 1. The minimum Gasteiger partial charge on any atom is -0.480 e. The van der Waals surface area contributed by atoms with Gasteiger partial charge in [0, 0.05) is 25.2 Å². The van der Waals surface area contributed by atoms with Crippen LogP contribution in [0.25, 0.3) is 0 Å². The van der Waals surface area contributed by atoms with E-state index in [1.807, 2.05) is 12.1 Å². The van der Waals surface area contributed by atoms with E-state index in [-0.39, 0.29) is 19.2 Å². The van der Waals surface area contributed by atoms with Crippen molar-refractivity contribution in [3.05, 3.63) is 29.8 Å². The molecule has 2 rings (SSSR count). The van der Waals surface area contributed by atoms with Gasteiger partial charge in [-0.15, -0.1) is 0 Å². The van der Waals surface area contributed by atoms with Crippen molar-refractivity contribution >= 4 is 17.7 Å². The summed E-state index contributed by atoms with van der Waals surface area (Å²) < 4.78 is 0. The number of aliphatic carboxylic acids is 1. The summed E-state index contributed by atoms with van der Waals surface area (Å²) in [5.41, 5.74) is 1.49. The van der Waals surface area contributed by atoms with Gasteiger partial charge in [-0.2, -0.15) is 0 Å². The van der Waals surface area contributed by atoms with Gasteiger partial charge in [-0.05, 0) is 18.6 Å². The van der Waals surface area contributed by atoms with Gasteiger partial charge in [0.05, 0.1) is 6.61 Å². The Morgan fingerprint density at radius 3 is 2.70 bits per heavy atom. The molecule has 1 heterocycles. The number of aliphatic hydroxyl groups is 1. The normalized spacial score (nSPS) is 16.9. The van der Waals surface area contributed by atoms with Gasteiger partial charge >= 0.3 is 12.0 Å². The largest absolute Gasteiger partial charge is 0.480 e. The molecule has 1 aliphatic heterocycles. The third-order valence-electron chi connectivity index (χ3n) is 3.49. The zero-order valence-corrected chi connectivity index (χ0v) is 11.3. The lowest BCUT2D eigenvalue weighted by Gasteiger charge is -2.29. The fraction of sp³-hybridized carbons (Fsp3) is 0.429. The molecule has 2 amide bonds. The number of fused-ring (bicyclic) bond motifs is 1. The van der Waals surface area contributed by atoms with Gasteiger partial charge in [-0.25, -0.2) is 9.59 Å². The van der Waals surface area contributed by atoms with E-state index in [0.29, 0.717) is 18.7 Å². The summed E-state index contributed by atoms with van der Waals surface area (Å²) >= 11 is 0. The number of anilines is 1. The smallest absolute Gasteiger partial charge is 0.327 e. The van der Waals surface area contributed by atoms with E-state index >= 15 is 0 Å². The lowest BCUT2D eigenvalue weighted by molar-refractivity contribution is -0.138. The summed E-state index contributed by atoms with van der Waals surface area (Å²) in [6.45, 7) is 2.27. The second-order valence-electron chi connectivity index (χ2n) is 4.64. The van der Waals surface area contributed by atoms with Crippen molar-refractivity contribution in [2.24, 2.45) is 0 Å². The standard InChI is InChI=1S/C14H18N2O4/c1-2-15(7-8-17)14(20)16-11-6-4-3-5-10(11)9-12(16)13(18)19/h3-6,12,17H,2,7-9H2,1H3,(H,18,19)/t12-/m0/s1. The van der Waals surface area contributed by atoms with Crippen LogP contribution in [0.1, 0.15) is 12.5 Å². The summed E-state index contributed by atoms with van der Waals surface area (Å²) in [7, 11) is 0. The monoisotopic (exact) mass is 278 g/mol. The number of carbonyl (C=O) groups is 2. The van der Waals surface area contributed by atoms with Crippen LogP contribution < -0.4 is 4.90 Å². The predicted molar refractivity (Wildman–Crippen MR) is 73.8 cm³/mol. The van der Waals surface area contributed by atoms with Crippen LogP contribution in [-0.4, -0.2) is 52.9 Å². The van der Waals surface area contributed by atoms with Crippen molar-refractivity contribution < 1.29 is 19.8 Å². The van der Waals surface area contributed by atoms with Crippen LogP contribution >= 0.6 is 0 Å². The lowest BCUT2D eigenvalue weighted by Crippen LogP contribution is -2.50. The minimum atomic E-state index is -1.02. The van der Waals surface area contributed by atoms with Gasteiger partial charge in [0.15, 0.2) is 0 Å². The molecule has 0 radical (unpaired) electrons. The molecule has 1 aromatic rings. The van der Waals surface area contributed by atoms with Crippen molar-refractivity contribution in [2.45, 2.75) is 19.4 Å². The Kier molecular flexibility index (Phi) is 4.24. The molecule has 0 aliphatic carbocycles. The number of likely N-dealkylation sites (N-methyl/N-ethyl adjacent to an activating group) is 1. The molecule has 6 nitrogen and oxygen atoms in total. The highest BCUT2D eigenvalue weighted by Gasteiger charge is 2.39. The van der Waals surface area contributed by atoms with Gasteiger partial charge in [0.25, 0.3) is 0 Å². The van der Waals surface area contributed by atoms with Gasteiger partial charge < -0.3 is 15.1 Å². The molecular formula is C14H18N2O4. The van der Waals surface area contributed by atoms with E-state index < -0.39 is 12.0 Å². The molecule has 0 saturated heterocycles. The van der Waals surface area contributed by atoms with E-state index in [0.717, 1.165) is 5.56 Å². The topological polar surface area (TPSA) is 81.1 Å². The summed E-state index contributed by atoms with van der Waals surface area (Å²) in [5, 5.41) is 18.3. The first-order valence-corrected chi connectivity index (χ1v) is 6.59. The first-order valence-electron chi connectivity index (χ1n) is 6.59. The number of hydrogen-bond donors (Lipinski definition) is 2. The fourth-order valence-electron chi connectivity index (χ4n) is 2.48. The number of rotatable bonds is 4. The number of carboxylic acid groups (broad SMARTS) is 1. The summed E-state index contributed by atoms with van der Waals surface area (Å²) in [6, 6.07) is 5.94. The SMILES string of the molecule is CCN(CCO)C(=O)N1c2ccccc2C[C@H]1C(=O)O. The second-order valence-corrected chi connectivity index (χ2v) is 4.64. The molecule has 1 aromatic carbocycles. The first-order chi connectivity index (χ1) is 9.60. The molecule has 0 saturated carbocycles. The van der Waals surface area contributed by atoms with Crippen molar-refractivity contribution in [2.75, 3.05) is 24.6 Å². The van der Waals surface area contributed by atoms with E-state index in [2.05, 4.69) is 0 Å². The molecule has 0 fully saturated rings. The van der Waals surface area contributed by atoms with Crippen LogP contribution in [0, 0.1) is 0 Å². The Hall–Kier alpha value is -2.08. The fourth-order valence-corrected chi connectivity index (χ4v) is 2.48. The molecule has 1 aliphatic rings. The van der Waals surface area contributed by atoms with Crippen molar-refractivity contribution in [1.29, 1.82) is 0 Å². The zero-order chi connectivity index (χ0) is 14.7. The van der Waals surface area contributed by atoms with E-state index in [1.54, 1.807) is 19.1 Å². The molecule has 0 unspecified atom stereocenters. The minimum absolute atomic E-state index is 0.146. The van der Waals surface area contributed by atoms with Gasteiger partial charge in [0.2, 0.25) is 0 Å². The molecule has 6 heteroatoms. The third-order valence-corrected chi connectivity index (χ3v) is 3.49. The van der Waals surface area contributed by atoms with Gasteiger partial charge in [0.1, 0.15) is 6.04 Å². The van der Waals surface area contributed by atoms with Crippen LogP contribution in [0.15, 0.2) is 24.3 Å². The Balaban J connectivity index is 2.35. The number of aliphatic hydroxyl groups excluding tert-OH is 1. The molecule has 0 bridgehead atoms. The molecule has 108 valence electrons. The van der Waals surface area contributed by atoms with Crippen LogP contribution in [-0.2, 0) is 11.2 Å². The highest BCUT2D eigenvalue weighted by Crippen LogP contribution is 2.33. The number of carboxylic acids is 1. The summed E-state index contributed by atoms with van der Waals surface area (Å²) in [5.74, 6) is -1.02. The second kappa shape index (κ2) is 5.92. The first kappa shape index (κ1) is 14.3. The number of para-hydroxylation sites is 1. The number of carbonyl (C=O) groups excluding carboxylic acids is 1. The average molecular weight is 278 g/mol. The van der Waals surface area contributed by atoms with E-state index in [9.17, 15) is 14.7 Å². The molecular weight excluding hydrogens is 260 g/mol. The highest BCUT2D eigenvalue weighted by atomic mass is 16.4. The maximum atomic E-state index is 12.5. The highest BCUT2D eigenvalue weighted by molar-refractivity contribution is 6.01.